The van der Waals surface area contributed by atoms with Gasteiger partial charge in [-0.05, 0) is 13.8 Å². The summed E-state index contributed by atoms with van der Waals surface area (Å²) in [5.41, 5.74) is 7.42. The molecule has 0 aromatic rings. The SMILES string of the molecule is CC(C)N1C=C(C(=O)O)C2=C(N)C3N=CN=C1[C@@H]23. The molecule has 3 N–H and O–H groups in total. The van der Waals surface area contributed by atoms with E-state index in [4.69, 9.17) is 5.73 Å². The Morgan fingerprint density at radius 1 is 1.56 bits per heavy atom. The van der Waals surface area contributed by atoms with Crippen LogP contribution in [0.25, 0.3) is 0 Å². The van der Waals surface area contributed by atoms with E-state index in [1.165, 1.54) is 6.34 Å². The Labute approximate surface area is 104 Å². The summed E-state index contributed by atoms with van der Waals surface area (Å²) in [5.74, 6) is -0.196. The number of aliphatic carboxylic acids is 1. The Morgan fingerprint density at radius 3 is 2.89 bits per heavy atom. The summed E-state index contributed by atoms with van der Waals surface area (Å²) in [6.45, 7) is 3.99. The van der Waals surface area contributed by atoms with Crippen molar-refractivity contribution in [1.82, 2.24) is 4.90 Å². The van der Waals surface area contributed by atoms with E-state index < -0.39 is 5.97 Å². The number of hydrogen-bond acceptors (Lipinski definition) is 5. The number of aliphatic imine (C=N–C) groups is 2. The molecule has 0 amide bonds. The van der Waals surface area contributed by atoms with E-state index in [-0.39, 0.29) is 23.6 Å². The second kappa shape index (κ2) is 3.44. The van der Waals surface area contributed by atoms with E-state index in [1.54, 1.807) is 6.20 Å². The minimum Gasteiger partial charge on any atom is -0.478 e. The lowest BCUT2D eigenvalue weighted by Crippen LogP contribution is -2.55. The first kappa shape index (κ1) is 11.0. The van der Waals surface area contributed by atoms with Gasteiger partial charge < -0.3 is 15.7 Å². The van der Waals surface area contributed by atoms with Gasteiger partial charge in [-0.15, -0.1) is 0 Å². The molecule has 3 aliphatic rings. The molecule has 0 fully saturated rings. The second-order valence-corrected chi connectivity index (χ2v) is 4.89. The molecule has 2 atom stereocenters. The number of carboxylic acids is 1. The van der Waals surface area contributed by atoms with Crippen LogP contribution in [0.2, 0.25) is 0 Å². The van der Waals surface area contributed by atoms with Gasteiger partial charge in [0.2, 0.25) is 0 Å². The summed E-state index contributed by atoms with van der Waals surface area (Å²) >= 11 is 0. The first-order valence-corrected chi connectivity index (χ1v) is 5.85. The topological polar surface area (TPSA) is 91.3 Å². The van der Waals surface area contributed by atoms with Crippen molar-refractivity contribution in [1.29, 1.82) is 0 Å². The first-order valence-electron chi connectivity index (χ1n) is 5.85. The monoisotopic (exact) mass is 246 g/mol. The third-order valence-electron chi connectivity index (χ3n) is 3.56. The van der Waals surface area contributed by atoms with Gasteiger partial charge in [-0.3, -0.25) is 4.99 Å². The zero-order chi connectivity index (χ0) is 13.0. The second-order valence-electron chi connectivity index (χ2n) is 4.89. The summed E-state index contributed by atoms with van der Waals surface area (Å²) in [5, 5.41) is 9.28. The fraction of sp³-hybridized carbons (Fsp3) is 0.417. The van der Waals surface area contributed by atoms with Crippen LogP contribution >= 0.6 is 0 Å². The lowest BCUT2D eigenvalue weighted by Gasteiger charge is -2.47. The summed E-state index contributed by atoms with van der Waals surface area (Å²) in [6.07, 6.45) is 3.13. The van der Waals surface area contributed by atoms with Crippen molar-refractivity contribution in [2.24, 2.45) is 21.6 Å². The zero-order valence-corrected chi connectivity index (χ0v) is 10.2. The highest BCUT2D eigenvalue weighted by Crippen LogP contribution is 2.45. The average Bonchev–Trinajstić information content (AvgIpc) is 2.34. The zero-order valence-electron chi connectivity index (χ0n) is 10.2. The van der Waals surface area contributed by atoms with E-state index in [0.717, 1.165) is 5.84 Å². The maximum absolute atomic E-state index is 11.3. The predicted molar refractivity (Wildman–Crippen MR) is 67.1 cm³/mol. The van der Waals surface area contributed by atoms with Crippen LogP contribution in [-0.4, -0.2) is 40.2 Å². The first-order chi connectivity index (χ1) is 8.52. The Morgan fingerprint density at radius 2 is 2.28 bits per heavy atom. The highest BCUT2D eigenvalue weighted by atomic mass is 16.4. The largest absolute Gasteiger partial charge is 0.478 e. The molecule has 0 saturated carbocycles. The Bertz CT molecular complexity index is 556. The minimum atomic E-state index is -0.953. The fourth-order valence-electron chi connectivity index (χ4n) is 2.67. The average molecular weight is 246 g/mol. The molecule has 1 aliphatic carbocycles. The molecule has 0 spiro atoms. The van der Waals surface area contributed by atoms with Gasteiger partial charge in [-0.25, -0.2) is 9.79 Å². The number of carboxylic acid groups (broad SMARTS) is 1. The van der Waals surface area contributed by atoms with Crippen LogP contribution < -0.4 is 5.73 Å². The van der Waals surface area contributed by atoms with E-state index in [2.05, 4.69) is 9.98 Å². The van der Waals surface area contributed by atoms with Gasteiger partial charge in [0.1, 0.15) is 18.2 Å². The lowest BCUT2D eigenvalue weighted by atomic mass is 9.70. The van der Waals surface area contributed by atoms with Crippen molar-refractivity contribution in [2.45, 2.75) is 25.9 Å². The van der Waals surface area contributed by atoms with Gasteiger partial charge in [-0.1, -0.05) is 0 Å². The van der Waals surface area contributed by atoms with Crippen molar-refractivity contribution in [3.8, 4) is 0 Å². The van der Waals surface area contributed by atoms with Gasteiger partial charge in [-0.2, -0.15) is 0 Å². The molecule has 0 saturated heterocycles. The van der Waals surface area contributed by atoms with Gasteiger partial charge in [0.25, 0.3) is 0 Å². The molecule has 0 radical (unpaired) electrons. The van der Waals surface area contributed by atoms with Crippen molar-refractivity contribution in [3.63, 3.8) is 0 Å². The maximum Gasteiger partial charge on any atom is 0.337 e. The predicted octanol–water partition coefficient (Wildman–Crippen LogP) is 0.331. The van der Waals surface area contributed by atoms with Crippen molar-refractivity contribution in [3.05, 3.63) is 23.0 Å². The van der Waals surface area contributed by atoms with Crippen molar-refractivity contribution in [2.75, 3.05) is 0 Å². The summed E-state index contributed by atoms with van der Waals surface area (Å²) in [7, 11) is 0. The molecule has 18 heavy (non-hydrogen) atoms. The lowest BCUT2D eigenvalue weighted by molar-refractivity contribution is -0.132. The molecule has 2 aliphatic heterocycles. The molecule has 6 heteroatoms. The third-order valence-corrected chi connectivity index (χ3v) is 3.56. The van der Waals surface area contributed by atoms with Crippen LogP contribution in [0, 0.1) is 5.92 Å². The molecule has 6 nitrogen and oxygen atoms in total. The van der Waals surface area contributed by atoms with Gasteiger partial charge in [0.05, 0.1) is 11.5 Å². The number of nitrogens with zero attached hydrogens (tertiary/aromatic N) is 3. The Hall–Kier alpha value is -2.11. The smallest absolute Gasteiger partial charge is 0.337 e. The number of carbonyl (C=O) groups is 1. The van der Waals surface area contributed by atoms with Crippen molar-refractivity contribution < 1.29 is 9.90 Å². The minimum absolute atomic E-state index is 0.0894. The molecule has 94 valence electrons. The number of nitrogens with two attached hydrogens (primary N) is 1. The van der Waals surface area contributed by atoms with Crippen LogP contribution in [0.1, 0.15) is 13.8 Å². The van der Waals surface area contributed by atoms with E-state index in [1.807, 2.05) is 18.7 Å². The van der Waals surface area contributed by atoms with Crippen molar-refractivity contribution >= 4 is 18.1 Å². The van der Waals surface area contributed by atoms with Gasteiger partial charge >= 0.3 is 5.97 Å². The number of rotatable bonds is 2. The van der Waals surface area contributed by atoms with Crippen LogP contribution in [0.15, 0.2) is 33.0 Å². The van der Waals surface area contributed by atoms with E-state index >= 15 is 0 Å². The number of hydrogen-bond donors (Lipinski definition) is 2. The van der Waals surface area contributed by atoms with Crippen LogP contribution in [-0.2, 0) is 4.79 Å². The van der Waals surface area contributed by atoms with Gasteiger partial charge in [0, 0.05) is 23.5 Å². The molecule has 0 aromatic heterocycles. The van der Waals surface area contributed by atoms with Gasteiger partial charge in [0.15, 0.2) is 0 Å². The normalized spacial score (nSPS) is 28.7. The molecular weight excluding hydrogens is 232 g/mol. The molecule has 0 bridgehead atoms. The van der Waals surface area contributed by atoms with E-state index in [0.29, 0.717) is 11.3 Å². The molecule has 0 aromatic carbocycles. The quantitative estimate of drug-likeness (QED) is 0.734. The highest BCUT2D eigenvalue weighted by molar-refractivity contribution is 6.06. The molecular formula is C12H14N4O2. The molecule has 1 unspecified atom stereocenters. The summed E-state index contributed by atoms with van der Waals surface area (Å²) in [4.78, 5) is 21.7. The molecule has 3 rings (SSSR count). The fourth-order valence-corrected chi connectivity index (χ4v) is 2.67. The maximum atomic E-state index is 11.3. The van der Waals surface area contributed by atoms with Crippen LogP contribution in [0.3, 0.4) is 0 Å². The van der Waals surface area contributed by atoms with E-state index in [9.17, 15) is 9.90 Å². The highest BCUT2D eigenvalue weighted by Gasteiger charge is 2.50. The Kier molecular flexibility index (Phi) is 2.10. The Balaban J connectivity index is 2.18. The third kappa shape index (κ3) is 1.20. The van der Waals surface area contributed by atoms with Crippen LogP contribution in [0.5, 0.6) is 0 Å². The standard InChI is InChI=1S/C12H14N4O2/c1-5(2)16-3-6(12(17)18)7-8-10(9(7)13)14-4-15-11(8)16/h3-5,8,10H,13H2,1-2H3,(H,17,18)/t8-,10?/m0/s1. The summed E-state index contributed by atoms with van der Waals surface area (Å²) < 4.78 is 0. The van der Waals surface area contributed by atoms with Crippen LogP contribution in [0.4, 0.5) is 0 Å². The number of amidine groups is 1. The summed E-state index contributed by atoms with van der Waals surface area (Å²) in [6, 6.07) is 0.00502. The molecule has 2 heterocycles.